The predicted molar refractivity (Wildman–Crippen MR) is 110 cm³/mol. The van der Waals surface area contributed by atoms with E-state index < -0.39 is 30.2 Å². The molecule has 1 aromatic heterocycles. The van der Waals surface area contributed by atoms with Crippen LogP contribution in [0.25, 0.3) is 0 Å². The zero-order chi connectivity index (χ0) is 20.9. The molecule has 29 heavy (non-hydrogen) atoms. The third-order valence-electron chi connectivity index (χ3n) is 4.53. The summed E-state index contributed by atoms with van der Waals surface area (Å²) in [6, 6.07) is 13.8. The summed E-state index contributed by atoms with van der Waals surface area (Å²) < 4.78 is 39.9. The van der Waals surface area contributed by atoms with E-state index in [1.54, 1.807) is 17.5 Å². The zero-order valence-electron chi connectivity index (χ0n) is 15.5. The molecule has 0 unspecified atom stereocenters. The molecule has 1 atom stereocenters. The quantitative estimate of drug-likeness (QED) is 0.621. The van der Waals surface area contributed by atoms with Crippen LogP contribution in [0.15, 0.2) is 47.8 Å². The number of thiophene rings is 1. The number of halogens is 3. The summed E-state index contributed by atoms with van der Waals surface area (Å²) >= 11 is 2.56. The van der Waals surface area contributed by atoms with E-state index in [1.807, 2.05) is 30.3 Å². The lowest BCUT2D eigenvalue weighted by molar-refractivity contribution is -0.127. The Morgan fingerprint density at radius 1 is 1.28 bits per heavy atom. The van der Waals surface area contributed by atoms with Gasteiger partial charge in [0.1, 0.15) is 18.1 Å². The molecule has 1 aliphatic carbocycles. The minimum absolute atomic E-state index is 0.177. The minimum atomic E-state index is -4.46. The van der Waals surface area contributed by atoms with Crippen molar-refractivity contribution in [3.05, 3.63) is 53.4 Å². The van der Waals surface area contributed by atoms with Crippen molar-refractivity contribution in [3.8, 4) is 6.07 Å². The Kier molecular flexibility index (Phi) is 6.75. The van der Waals surface area contributed by atoms with E-state index in [1.165, 1.54) is 11.8 Å². The molecule has 0 spiro atoms. The largest absolute Gasteiger partial charge is 0.405 e. The molecular weight excluding hydrogens is 419 g/mol. The van der Waals surface area contributed by atoms with E-state index in [4.69, 9.17) is 0 Å². The number of hydrogen-bond acceptors (Lipinski definition) is 5. The van der Waals surface area contributed by atoms with Crippen LogP contribution in [-0.4, -0.2) is 36.0 Å². The fourth-order valence-corrected chi connectivity index (χ4v) is 4.73. The summed E-state index contributed by atoms with van der Waals surface area (Å²) in [5.41, 5.74) is 0.101. The van der Waals surface area contributed by atoms with Crippen LogP contribution in [0.2, 0.25) is 0 Å². The molecule has 0 aliphatic heterocycles. The van der Waals surface area contributed by atoms with Gasteiger partial charge in [-0.05, 0) is 35.9 Å². The van der Waals surface area contributed by atoms with Gasteiger partial charge in [-0.25, -0.2) is 0 Å². The number of rotatable bonds is 9. The number of carbonyl (C=O) groups excluding carboxylic acids is 1. The highest BCUT2D eigenvalue weighted by atomic mass is 32.2. The molecule has 0 bridgehead atoms. The lowest BCUT2D eigenvalue weighted by Crippen LogP contribution is -2.54. The van der Waals surface area contributed by atoms with Gasteiger partial charge in [-0.3, -0.25) is 4.79 Å². The van der Waals surface area contributed by atoms with Gasteiger partial charge in [-0.1, -0.05) is 30.3 Å². The van der Waals surface area contributed by atoms with E-state index in [-0.39, 0.29) is 5.75 Å². The molecule has 0 saturated heterocycles. The first-order chi connectivity index (χ1) is 13.8. The Balaban J connectivity index is 1.79. The van der Waals surface area contributed by atoms with Gasteiger partial charge >= 0.3 is 6.18 Å². The van der Waals surface area contributed by atoms with Gasteiger partial charge in [0.2, 0.25) is 5.91 Å². The number of alkyl halides is 3. The van der Waals surface area contributed by atoms with Crippen molar-refractivity contribution in [3.63, 3.8) is 0 Å². The first-order valence-corrected chi connectivity index (χ1v) is 11.1. The summed E-state index contributed by atoms with van der Waals surface area (Å²) in [7, 11) is 0. The van der Waals surface area contributed by atoms with Crippen molar-refractivity contribution in [1.29, 1.82) is 5.26 Å². The standard InChI is InChI=1S/C20H20F3N3OS2/c21-20(22,23)14-26(17-7-4-10-29-17)16(18(27)25-19(13-24)8-9-19)12-28-11-15-5-2-1-3-6-15/h1-7,10,16H,8-9,11-12,14H2,(H,25,27)/t16-/m0/s1. The maximum Gasteiger partial charge on any atom is 0.405 e. The van der Waals surface area contributed by atoms with Gasteiger partial charge in [0, 0.05) is 11.5 Å². The number of amides is 1. The molecule has 1 aliphatic rings. The summed E-state index contributed by atoms with van der Waals surface area (Å²) in [6.45, 7) is -1.23. The molecule has 0 radical (unpaired) electrons. The second-order valence-electron chi connectivity index (χ2n) is 6.89. The third kappa shape index (κ3) is 6.15. The second kappa shape index (κ2) is 9.09. The number of benzene rings is 1. The average Bonchev–Trinajstić information content (AvgIpc) is 3.24. The number of carbonyl (C=O) groups is 1. The van der Waals surface area contributed by atoms with E-state index in [0.29, 0.717) is 23.6 Å². The average molecular weight is 440 g/mol. The maximum absolute atomic E-state index is 13.3. The van der Waals surface area contributed by atoms with Crippen LogP contribution in [0.1, 0.15) is 18.4 Å². The smallest absolute Gasteiger partial charge is 0.341 e. The van der Waals surface area contributed by atoms with Crippen molar-refractivity contribution in [2.75, 3.05) is 17.2 Å². The van der Waals surface area contributed by atoms with Crippen LogP contribution in [-0.2, 0) is 10.5 Å². The number of nitriles is 1. The Hall–Kier alpha value is -2.18. The molecule has 1 aromatic carbocycles. The van der Waals surface area contributed by atoms with E-state index in [0.717, 1.165) is 21.8 Å². The van der Waals surface area contributed by atoms with Gasteiger partial charge in [0.05, 0.1) is 11.1 Å². The van der Waals surface area contributed by atoms with Crippen molar-refractivity contribution in [2.24, 2.45) is 0 Å². The monoisotopic (exact) mass is 439 g/mol. The summed E-state index contributed by atoms with van der Waals surface area (Å²) in [5.74, 6) is 0.219. The number of nitrogens with one attached hydrogen (secondary N) is 1. The lowest BCUT2D eigenvalue weighted by Gasteiger charge is -2.32. The molecular formula is C20H20F3N3OS2. The Morgan fingerprint density at radius 3 is 2.55 bits per heavy atom. The predicted octanol–water partition coefficient (Wildman–Crippen LogP) is 4.59. The summed E-state index contributed by atoms with van der Waals surface area (Å²) in [4.78, 5) is 14.0. The number of hydrogen-bond donors (Lipinski definition) is 1. The van der Waals surface area contributed by atoms with Crippen LogP contribution in [0.4, 0.5) is 18.2 Å². The second-order valence-corrected chi connectivity index (χ2v) is 8.85. The Morgan fingerprint density at radius 2 is 2.00 bits per heavy atom. The molecule has 9 heteroatoms. The first kappa shape index (κ1) is 21.5. The summed E-state index contributed by atoms with van der Waals surface area (Å²) in [5, 5.41) is 14.0. The van der Waals surface area contributed by atoms with Crippen molar-refractivity contribution in [2.45, 2.75) is 36.4 Å². The fourth-order valence-electron chi connectivity index (χ4n) is 2.85. The third-order valence-corrected chi connectivity index (χ3v) is 6.53. The minimum Gasteiger partial charge on any atom is -0.341 e. The normalized spacial score (nSPS) is 15.9. The zero-order valence-corrected chi connectivity index (χ0v) is 17.1. The van der Waals surface area contributed by atoms with Crippen LogP contribution in [0.3, 0.4) is 0 Å². The number of anilines is 1. The van der Waals surface area contributed by atoms with E-state index in [2.05, 4.69) is 11.4 Å². The molecule has 1 fully saturated rings. The van der Waals surface area contributed by atoms with Crippen molar-refractivity contribution < 1.29 is 18.0 Å². The van der Waals surface area contributed by atoms with Gasteiger partial charge in [-0.2, -0.15) is 30.2 Å². The highest BCUT2D eigenvalue weighted by Gasteiger charge is 2.47. The Labute approximate surface area is 175 Å². The van der Waals surface area contributed by atoms with Gasteiger partial charge in [0.15, 0.2) is 0 Å². The fraction of sp³-hybridized carbons (Fsp3) is 0.400. The first-order valence-electron chi connectivity index (χ1n) is 9.04. The molecule has 1 N–H and O–H groups in total. The lowest BCUT2D eigenvalue weighted by atomic mass is 10.2. The maximum atomic E-state index is 13.3. The van der Waals surface area contributed by atoms with Crippen LogP contribution >= 0.6 is 23.1 Å². The van der Waals surface area contributed by atoms with E-state index >= 15 is 0 Å². The van der Waals surface area contributed by atoms with Gasteiger partial charge in [0.25, 0.3) is 0 Å². The highest BCUT2D eigenvalue weighted by molar-refractivity contribution is 7.98. The molecule has 3 rings (SSSR count). The summed E-state index contributed by atoms with van der Waals surface area (Å²) in [6.07, 6.45) is -3.41. The molecule has 1 amide bonds. The van der Waals surface area contributed by atoms with Crippen LogP contribution in [0, 0.1) is 11.3 Å². The topological polar surface area (TPSA) is 56.1 Å². The Bertz CT molecular complexity index is 846. The number of thioether (sulfide) groups is 1. The van der Waals surface area contributed by atoms with E-state index in [9.17, 15) is 23.2 Å². The molecule has 154 valence electrons. The van der Waals surface area contributed by atoms with Crippen LogP contribution in [0.5, 0.6) is 0 Å². The van der Waals surface area contributed by atoms with Crippen molar-refractivity contribution >= 4 is 34.0 Å². The highest BCUT2D eigenvalue weighted by Crippen LogP contribution is 2.35. The van der Waals surface area contributed by atoms with Crippen LogP contribution < -0.4 is 10.2 Å². The molecule has 1 saturated carbocycles. The van der Waals surface area contributed by atoms with Gasteiger partial charge < -0.3 is 10.2 Å². The van der Waals surface area contributed by atoms with Crippen molar-refractivity contribution in [1.82, 2.24) is 5.32 Å². The SMILES string of the molecule is N#CC1(NC(=O)[C@H](CSCc2ccccc2)N(CC(F)(F)F)c2cccs2)CC1. The van der Waals surface area contributed by atoms with Gasteiger partial charge in [-0.15, -0.1) is 11.3 Å². The molecule has 2 aromatic rings. The number of nitrogens with zero attached hydrogens (tertiary/aromatic N) is 2. The molecule has 4 nitrogen and oxygen atoms in total. The molecule has 1 heterocycles.